The lowest BCUT2D eigenvalue weighted by Crippen LogP contribution is -2.27. The molecule has 22 heavy (non-hydrogen) atoms. The second-order valence-electron chi connectivity index (χ2n) is 5.30. The summed E-state index contributed by atoms with van der Waals surface area (Å²) in [5.74, 6) is 1.54. The predicted molar refractivity (Wildman–Crippen MR) is 93.7 cm³/mol. The van der Waals surface area contributed by atoms with Crippen molar-refractivity contribution in [3.63, 3.8) is 0 Å². The highest BCUT2D eigenvalue weighted by Gasteiger charge is 2.08. The molecule has 0 bridgehead atoms. The van der Waals surface area contributed by atoms with Crippen molar-refractivity contribution in [3.8, 4) is 11.5 Å². The lowest BCUT2D eigenvalue weighted by atomic mass is 10.1. The van der Waals surface area contributed by atoms with Gasteiger partial charge in [0.05, 0.1) is 14.2 Å². The van der Waals surface area contributed by atoms with Crippen molar-refractivity contribution < 1.29 is 9.47 Å². The number of benzene rings is 2. The molecule has 0 saturated carbocycles. The molecule has 118 valence electrons. The third-order valence-corrected chi connectivity index (χ3v) is 4.09. The van der Waals surface area contributed by atoms with Gasteiger partial charge >= 0.3 is 0 Å². The summed E-state index contributed by atoms with van der Waals surface area (Å²) >= 11 is 3.45. The molecule has 3 nitrogen and oxygen atoms in total. The zero-order valence-electron chi connectivity index (χ0n) is 13.2. The van der Waals surface area contributed by atoms with Crippen molar-refractivity contribution in [3.05, 3.63) is 58.1 Å². The molecule has 0 amide bonds. The van der Waals surface area contributed by atoms with Crippen molar-refractivity contribution >= 4 is 15.9 Å². The Morgan fingerprint density at radius 2 is 1.59 bits per heavy atom. The molecule has 0 unspecified atom stereocenters. The van der Waals surface area contributed by atoms with Gasteiger partial charge in [-0.2, -0.15) is 0 Å². The summed E-state index contributed by atoms with van der Waals surface area (Å²) in [6, 6.07) is 14.8. The van der Waals surface area contributed by atoms with Gasteiger partial charge in [0.1, 0.15) is 0 Å². The van der Waals surface area contributed by atoms with Crippen molar-refractivity contribution in [2.45, 2.75) is 25.9 Å². The van der Waals surface area contributed by atoms with Gasteiger partial charge in [0.25, 0.3) is 0 Å². The Balaban J connectivity index is 1.91. The third-order valence-electron chi connectivity index (χ3n) is 3.56. The van der Waals surface area contributed by atoms with E-state index in [9.17, 15) is 0 Å². The Kier molecular flexibility index (Phi) is 6.28. The molecule has 4 heteroatoms. The molecule has 0 heterocycles. The monoisotopic (exact) mass is 363 g/mol. The first kappa shape index (κ1) is 16.8. The molecule has 2 aromatic rings. The van der Waals surface area contributed by atoms with E-state index in [2.05, 4.69) is 58.5 Å². The van der Waals surface area contributed by atoms with Gasteiger partial charge in [-0.25, -0.2) is 0 Å². The van der Waals surface area contributed by atoms with Gasteiger partial charge in [0, 0.05) is 17.1 Å². The average molecular weight is 364 g/mol. The van der Waals surface area contributed by atoms with E-state index >= 15 is 0 Å². The second kappa shape index (κ2) is 8.20. The molecule has 2 rings (SSSR count). The van der Waals surface area contributed by atoms with E-state index < -0.39 is 0 Å². The van der Waals surface area contributed by atoms with Crippen LogP contribution in [0.15, 0.2) is 46.9 Å². The SMILES string of the molecule is COc1ccc(C[C@@H](C)NCc2ccc(Br)cc2)cc1OC. The molecule has 0 spiro atoms. The van der Waals surface area contributed by atoms with Gasteiger partial charge in [0.2, 0.25) is 0 Å². The summed E-state index contributed by atoms with van der Waals surface area (Å²) < 4.78 is 11.7. The Hall–Kier alpha value is -1.52. The van der Waals surface area contributed by atoms with E-state index in [0.29, 0.717) is 6.04 Å². The smallest absolute Gasteiger partial charge is 0.160 e. The van der Waals surface area contributed by atoms with E-state index in [4.69, 9.17) is 9.47 Å². The van der Waals surface area contributed by atoms with E-state index in [0.717, 1.165) is 28.9 Å². The van der Waals surface area contributed by atoms with Crippen molar-refractivity contribution in [2.75, 3.05) is 14.2 Å². The molecule has 0 aliphatic carbocycles. The van der Waals surface area contributed by atoms with Crippen LogP contribution in [0.2, 0.25) is 0 Å². The lowest BCUT2D eigenvalue weighted by Gasteiger charge is -2.15. The maximum absolute atomic E-state index is 5.35. The third kappa shape index (κ3) is 4.75. The summed E-state index contributed by atoms with van der Waals surface area (Å²) in [7, 11) is 3.32. The molecule has 0 aliphatic heterocycles. The number of methoxy groups -OCH3 is 2. The lowest BCUT2D eigenvalue weighted by molar-refractivity contribution is 0.354. The highest BCUT2D eigenvalue weighted by Crippen LogP contribution is 2.27. The van der Waals surface area contributed by atoms with Gasteiger partial charge in [0.15, 0.2) is 11.5 Å². The predicted octanol–water partition coefficient (Wildman–Crippen LogP) is 4.19. The minimum Gasteiger partial charge on any atom is -0.493 e. The fraction of sp³-hybridized carbons (Fsp3) is 0.333. The van der Waals surface area contributed by atoms with Crippen LogP contribution in [0, 0.1) is 0 Å². The summed E-state index contributed by atoms with van der Waals surface area (Å²) in [6.07, 6.45) is 0.941. The molecule has 1 N–H and O–H groups in total. The van der Waals surface area contributed by atoms with Crippen LogP contribution in [0.25, 0.3) is 0 Å². The summed E-state index contributed by atoms with van der Waals surface area (Å²) in [5, 5.41) is 3.55. The van der Waals surface area contributed by atoms with Crippen LogP contribution in [-0.2, 0) is 13.0 Å². The topological polar surface area (TPSA) is 30.5 Å². The fourth-order valence-corrected chi connectivity index (χ4v) is 2.59. The summed E-state index contributed by atoms with van der Waals surface area (Å²) in [6.45, 7) is 3.05. The molecule has 0 fully saturated rings. The Morgan fingerprint density at radius 1 is 0.955 bits per heavy atom. The molecule has 0 radical (unpaired) electrons. The van der Waals surface area contributed by atoms with Gasteiger partial charge in [-0.05, 0) is 48.7 Å². The van der Waals surface area contributed by atoms with Crippen molar-refractivity contribution in [1.29, 1.82) is 0 Å². The maximum atomic E-state index is 5.35. The highest BCUT2D eigenvalue weighted by atomic mass is 79.9. The van der Waals surface area contributed by atoms with Gasteiger partial charge in [-0.1, -0.05) is 34.1 Å². The zero-order chi connectivity index (χ0) is 15.9. The Bertz CT molecular complexity index is 599. The van der Waals surface area contributed by atoms with Crippen molar-refractivity contribution in [2.24, 2.45) is 0 Å². The van der Waals surface area contributed by atoms with Gasteiger partial charge in [-0.3, -0.25) is 0 Å². The normalized spacial score (nSPS) is 12.0. The quantitative estimate of drug-likeness (QED) is 0.799. The molecule has 0 saturated heterocycles. The van der Waals surface area contributed by atoms with Gasteiger partial charge < -0.3 is 14.8 Å². The minimum absolute atomic E-state index is 0.377. The van der Waals surface area contributed by atoms with Crippen LogP contribution in [0.4, 0.5) is 0 Å². The van der Waals surface area contributed by atoms with E-state index in [-0.39, 0.29) is 0 Å². The molecule has 0 aliphatic rings. The molecular formula is C18H22BrNO2. The molecule has 0 aromatic heterocycles. The number of nitrogens with one attached hydrogen (secondary N) is 1. The highest BCUT2D eigenvalue weighted by molar-refractivity contribution is 9.10. The molecule has 1 atom stereocenters. The number of hydrogen-bond acceptors (Lipinski definition) is 3. The van der Waals surface area contributed by atoms with E-state index in [1.807, 2.05) is 12.1 Å². The maximum Gasteiger partial charge on any atom is 0.160 e. The molecular weight excluding hydrogens is 342 g/mol. The summed E-state index contributed by atoms with van der Waals surface area (Å²) in [5.41, 5.74) is 2.51. The second-order valence-corrected chi connectivity index (χ2v) is 6.22. The van der Waals surface area contributed by atoms with Crippen LogP contribution in [0.1, 0.15) is 18.1 Å². The Morgan fingerprint density at radius 3 is 2.23 bits per heavy atom. The zero-order valence-corrected chi connectivity index (χ0v) is 14.8. The first-order chi connectivity index (χ1) is 10.6. The van der Waals surface area contributed by atoms with Gasteiger partial charge in [-0.15, -0.1) is 0 Å². The molecule has 2 aromatic carbocycles. The van der Waals surface area contributed by atoms with Crippen LogP contribution in [-0.4, -0.2) is 20.3 Å². The first-order valence-electron chi connectivity index (χ1n) is 7.31. The standard InChI is InChI=1S/C18H22BrNO2/c1-13(20-12-14-4-7-16(19)8-5-14)10-15-6-9-17(21-2)18(11-15)22-3/h4-9,11,13,20H,10,12H2,1-3H3/t13-/m1/s1. The van der Waals surface area contributed by atoms with Crippen LogP contribution >= 0.6 is 15.9 Å². The number of hydrogen-bond donors (Lipinski definition) is 1. The van der Waals surface area contributed by atoms with Crippen LogP contribution in [0.5, 0.6) is 11.5 Å². The summed E-state index contributed by atoms with van der Waals surface area (Å²) in [4.78, 5) is 0. The Labute approximate surface area is 140 Å². The van der Waals surface area contributed by atoms with Crippen molar-refractivity contribution in [1.82, 2.24) is 5.32 Å². The largest absolute Gasteiger partial charge is 0.493 e. The average Bonchev–Trinajstić information content (AvgIpc) is 2.54. The van der Waals surface area contributed by atoms with Crippen LogP contribution < -0.4 is 14.8 Å². The van der Waals surface area contributed by atoms with E-state index in [1.54, 1.807) is 14.2 Å². The fourth-order valence-electron chi connectivity index (χ4n) is 2.33. The number of rotatable bonds is 7. The first-order valence-corrected chi connectivity index (χ1v) is 8.10. The number of ether oxygens (including phenoxy) is 2. The number of halogens is 1. The van der Waals surface area contributed by atoms with Crippen LogP contribution in [0.3, 0.4) is 0 Å². The minimum atomic E-state index is 0.377. The van der Waals surface area contributed by atoms with E-state index in [1.165, 1.54) is 11.1 Å².